The van der Waals surface area contributed by atoms with Crippen molar-refractivity contribution < 1.29 is 9.18 Å². The first kappa shape index (κ1) is 18.0. The minimum Gasteiger partial charge on any atom is -0.347 e. The van der Waals surface area contributed by atoms with Crippen molar-refractivity contribution in [2.24, 2.45) is 0 Å². The highest BCUT2D eigenvalue weighted by Crippen LogP contribution is 2.16. The van der Waals surface area contributed by atoms with Crippen LogP contribution in [0.25, 0.3) is 6.08 Å². The lowest BCUT2D eigenvalue weighted by Gasteiger charge is -2.27. The highest BCUT2D eigenvalue weighted by atomic mass is 19.1. The van der Waals surface area contributed by atoms with Gasteiger partial charge in [-0.05, 0) is 44.4 Å². The number of nitrogens with zero attached hydrogens (tertiary/aromatic N) is 3. The van der Waals surface area contributed by atoms with Crippen LogP contribution in [-0.4, -0.2) is 29.0 Å². The monoisotopic (exact) mass is 354 g/mol. The quantitative estimate of drug-likeness (QED) is 0.838. The SMILES string of the molecule is Cc1cc(CNC(=O)/C=C/c2ccccc2F)nc(N2CCCCC2)n1. The van der Waals surface area contributed by atoms with Crippen LogP contribution in [0.1, 0.15) is 36.2 Å². The van der Waals surface area contributed by atoms with Crippen molar-refractivity contribution in [2.75, 3.05) is 18.0 Å². The molecular weight excluding hydrogens is 331 g/mol. The van der Waals surface area contributed by atoms with E-state index in [0.717, 1.165) is 43.3 Å². The van der Waals surface area contributed by atoms with Gasteiger partial charge in [-0.15, -0.1) is 0 Å². The molecule has 3 rings (SSSR count). The Morgan fingerprint density at radius 1 is 1.23 bits per heavy atom. The van der Waals surface area contributed by atoms with Gasteiger partial charge in [0.15, 0.2) is 0 Å². The zero-order valence-electron chi connectivity index (χ0n) is 14.9. The average molecular weight is 354 g/mol. The molecule has 0 bridgehead atoms. The summed E-state index contributed by atoms with van der Waals surface area (Å²) in [4.78, 5) is 23.3. The standard InChI is InChI=1S/C20H23FN4O/c1-15-13-17(24-20(23-15)25-11-5-2-6-12-25)14-22-19(26)10-9-16-7-3-4-8-18(16)21/h3-4,7-10,13H,2,5-6,11-12,14H2,1H3,(H,22,26)/b10-9+. The predicted molar refractivity (Wildman–Crippen MR) is 100 cm³/mol. The molecule has 0 aliphatic carbocycles. The summed E-state index contributed by atoms with van der Waals surface area (Å²) in [6.45, 7) is 4.18. The summed E-state index contributed by atoms with van der Waals surface area (Å²) in [5.41, 5.74) is 2.03. The summed E-state index contributed by atoms with van der Waals surface area (Å²) in [7, 11) is 0. The van der Waals surface area contributed by atoms with Gasteiger partial charge in [-0.2, -0.15) is 0 Å². The topological polar surface area (TPSA) is 58.1 Å². The normalized spacial score (nSPS) is 14.6. The third kappa shape index (κ3) is 4.88. The van der Waals surface area contributed by atoms with Crippen LogP contribution in [0.2, 0.25) is 0 Å². The van der Waals surface area contributed by atoms with E-state index in [2.05, 4.69) is 20.2 Å². The molecule has 1 aliphatic heterocycles. The molecule has 0 radical (unpaired) electrons. The molecular formula is C20H23FN4O. The van der Waals surface area contributed by atoms with Gasteiger partial charge in [0.05, 0.1) is 12.2 Å². The highest BCUT2D eigenvalue weighted by molar-refractivity contribution is 5.91. The van der Waals surface area contributed by atoms with Gasteiger partial charge < -0.3 is 10.2 Å². The summed E-state index contributed by atoms with van der Waals surface area (Å²) in [6, 6.07) is 8.20. The third-order valence-electron chi connectivity index (χ3n) is 4.30. The lowest BCUT2D eigenvalue weighted by molar-refractivity contribution is -0.116. The molecule has 1 aromatic carbocycles. The first-order chi connectivity index (χ1) is 12.6. The smallest absolute Gasteiger partial charge is 0.244 e. The minimum absolute atomic E-state index is 0.288. The van der Waals surface area contributed by atoms with Gasteiger partial charge in [-0.3, -0.25) is 4.79 Å². The van der Waals surface area contributed by atoms with Gasteiger partial charge in [0.2, 0.25) is 11.9 Å². The van der Waals surface area contributed by atoms with Crippen LogP contribution in [0.5, 0.6) is 0 Å². The van der Waals surface area contributed by atoms with Crippen LogP contribution in [0.15, 0.2) is 36.4 Å². The average Bonchev–Trinajstić information content (AvgIpc) is 2.66. The van der Waals surface area contributed by atoms with Crippen molar-refractivity contribution >= 4 is 17.9 Å². The van der Waals surface area contributed by atoms with Crippen LogP contribution in [-0.2, 0) is 11.3 Å². The summed E-state index contributed by atoms with van der Waals surface area (Å²) < 4.78 is 13.6. The van der Waals surface area contributed by atoms with Gasteiger partial charge >= 0.3 is 0 Å². The number of aryl methyl sites for hydroxylation is 1. The minimum atomic E-state index is -0.353. The molecule has 1 amide bonds. The Morgan fingerprint density at radius 2 is 2.00 bits per heavy atom. The number of carbonyl (C=O) groups is 1. The van der Waals surface area contributed by atoms with E-state index in [1.807, 2.05) is 13.0 Å². The van der Waals surface area contributed by atoms with Crippen molar-refractivity contribution in [3.63, 3.8) is 0 Å². The maximum atomic E-state index is 13.6. The number of piperidine rings is 1. The number of hydrogen-bond acceptors (Lipinski definition) is 4. The number of nitrogens with one attached hydrogen (secondary N) is 1. The predicted octanol–water partition coefficient (Wildman–Crippen LogP) is 3.24. The Balaban J connectivity index is 1.61. The summed E-state index contributed by atoms with van der Waals surface area (Å²) >= 11 is 0. The molecule has 1 N–H and O–H groups in total. The van der Waals surface area contributed by atoms with Gasteiger partial charge in [0.25, 0.3) is 0 Å². The highest BCUT2D eigenvalue weighted by Gasteiger charge is 2.14. The van der Waals surface area contributed by atoms with E-state index in [4.69, 9.17) is 0 Å². The first-order valence-electron chi connectivity index (χ1n) is 8.92. The van der Waals surface area contributed by atoms with Crippen molar-refractivity contribution in [3.05, 3.63) is 59.2 Å². The Hall–Kier alpha value is -2.76. The summed E-state index contributed by atoms with van der Waals surface area (Å²) in [5, 5.41) is 2.79. The van der Waals surface area contributed by atoms with Gasteiger partial charge in [-0.25, -0.2) is 14.4 Å². The van der Waals surface area contributed by atoms with Gasteiger partial charge in [0.1, 0.15) is 5.82 Å². The molecule has 1 fully saturated rings. The Bertz CT molecular complexity index is 800. The Labute approximate surface area is 153 Å². The number of rotatable bonds is 5. The largest absolute Gasteiger partial charge is 0.347 e. The van der Waals surface area contributed by atoms with Crippen LogP contribution in [0.3, 0.4) is 0 Å². The second-order valence-corrected chi connectivity index (χ2v) is 6.42. The zero-order valence-corrected chi connectivity index (χ0v) is 14.9. The van der Waals surface area contributed by atoms with Crippen molar-refractivity contribution in [3.8, 4) is 0 Å². The zero-order chi connectivity index (χ0) is 18.4. The van der Waals surface area contributed by atoms with E-state index < -0.39 is 0 Å². The fraction of sp³-hybridized carbons (Fsp3) is 0.350. The molecule has 136 valence electrons. The number of amides is 1. The molecule has 6 heteroatoms. The number of anilines is 1. The number of aromatic nitrogens is 2. The number of carbonyl (C=O) groups excluding carboxylic acids is 1. The molecule has 0 saturated carbocycles. The van der Waals surface area contributed by atoms with Crippen molar-refractivity contribution in [1.29, 1.82) is 0 Å². The number of benzene rings is 1. The Morgan fingerprint density at radius 3 is 2.77 bits per heavy atom. The summed E-state index contributed by atoms with van der Waals surface area (Å²) in [6.07, 6.45) is 6.36. The fourth-order valence-corrected chi connectivity index (χ4v) is 2.96. The molecule has 1 aliphatic rings. The maximum absolute atomic E-state index is 13.6. The van der Waals surface area contributed by atoms with E-state index in [1.54, 1.807) is 18.2 Å². The van der Waals surface area contributed by atoms with E-state index in [1.165, 1.54) is 24.6 Å². The maximum Gasteiger partial charge on any atom is 0.244 e. The number of hydrogen-bond donors (Lipinski definition) is 1. The molecule has 0 spiro atoms. The summed E-state index contributed by atoms with van der Waals surface area (Å²) in [5.74, 6) is 0.0917. The van der Waals surface area contributed by atoms with Crippen LogP contribution in [0, 0.1) is 12.7 Å². The van der Waals surface area contributed by atoms with E-state index >= 15 is 0 Å². The fourth-order valence-electron chi connectivity index (χ4n) is 2.96. The van der Waals surface area contributed by atoms with Gasteiger partial charge in [0, 0.05) is 30.4 Å². The lowest BCUT2D eigenvalue weighted by atomic mass is 10.1. The van der Waals surface area contributed by atoms with Crippen LogP contribution >= 0.6 is 0 Å². The lowest BCUT2D eigenvalue weighted by Crippen LogP contribution is -2.31. The Kier molecular flexibility index (Phi) is 5.94. The second-order valence-electron chi connectivity index (χ2n) is 6.42. The molecule has 5 nitrogen and oxygen atoms in total. The second kappa shape index (κ2) is 8.56. The molecule has 0 unspecified atom stereocenters. The first-order valence-corrected chi connectivity index (χ1v) is 8.92. The molecule has 26 heavy (non-hydrogen) atoms. The van der Waals surface area contributed by atoms with Crippen molar-refractivity contribution in [1.82, 2.24) is 15.3 Å². The van der Waals surface area contributed by atoms with E-state index in [-0.39, 0.29) is 11.7 Å². The molecule has 2 heterocycles. The third-order valence-corrected chi connectivity index (χ3v) is 4.30. The van der Waals surface area contributed by atoms with Crippen molar-refractivity contribution in [2.45, 2.75) is 32.7 Å². The number of halogens is 1. The van der Waals surface area contributed by atoms with E-state index in [9.17, 15) is 9.18 Å². The molecule has 1 aromatic heterocycles. The van der Waals surface area contributed by atoms with Crippen LogP contribution in [0.4, 0.5) is 10.3 Å². The van der Waals surface area contributed by atoms with Crippen LogP contribution < -0.4 is 10.2 Å². The molecule has 1 saturated heterocycles. The van der Waals surface area contributed by atoms with E-state index in [0.29, 0.717) is 12.1 Å². The molecule has 0 atom stereocenters. The van der Waals surface area contributed by atoms with Gasteiger partial charge in [-0.1, -0.05) is 18.2 Å². The molecule has 2 aromatic rings.